The molecule has 175 valence electrons. The van der Waals surface area contributed by atoms with Gasteiger partial charge in [-0.2, -0.15) is 79.0 Å². The Morgan fingerprint density at radius 3 is 0.931 bits per heavy atom. The lowest BCUT2D eigenvalue weighted by molar-refractivity contribution is -0.454. The topological polar surface area (TPSA) is 0 Å². The monoisotopic (exact) mass is 479 g/mol. The van der Waals surface area contributed by atoms with Gasteiger partial charge in [0, 0.05) is 6.42 Å². The van der Waals surface area contributed by atoms with Gasteiger partial charge in [-0.05, 0) is 0 Å². The van der Waals surface area contributed by atoms with Crippen LogP contribution in [0.5, 0.6) is 0 Å². The van der Waals surface area contributed by atoms with Crippen molar-refractivity contribution in [2.24, 2.45) is 0 Å². The van der Waals surface area contributed by atoms with E-state index < -0.39 is 60.2 Å². The molecule has 0 unspecified atom stereocenters. The summed E-state index contributed by atoms with van der Waals surface area (Å²) in [6.07, 6.45) is -7.57. The minimum Gasteiger partial charge on any atom is -0.200 e. The van der Waals surface area contributed by atoms with Crippen LogP contribution in [0.2, 0.25) is 0 Å². The molecule has 0 saturated carbocycles. The molecule has 0 atom stereocenters. The van der Waals surface area contributed by atoms with E-state index in [1.165, 1.54) is 0 Å². The van der Waals surface area contributed by atoms with Gasteiger partial charge in [0.15, 0.2) is 0 Å². The van der Waals surface area contributed by atoms with Gasteiger partial charge in [0.2, 0.25) is 0 Å². The van der Waals surface area contributed by atoms with Crippen molar-refractivity contribution in [1.29, 1.82) is 0 Å². The van der Waals surface area contributed by atoms with Crippen LogP contribution in [0.3, 0.4) is 0 Å². The van der Waals surface area contributed by atoms with Crippen molar-refractivity contribution in [2.75, 3.05) is 0 Å². The zero-order valence-corrected chi connectivity index (χ0v) is 13.0. The average Bonchev–Trinajstić information content (AvgIpc) is 2.53. The summed E-state index contributed by atoms with van der Waals surface area (Å²) in [6.45, 7) is -0.0938. The predicted octanol–water partition coefficient (Wildman–Crippen LogP) is 6.91. The van der Waals surface area contributed by atoms with E-state index >= 15 is 0 Å². The van der Waals surface area contributed by atoms with E-state index in [2.05, 4.69) is 0 Å². The first-order chi connectivity index (χ1) is 12.3. The fourth-order valence-corrected chi connectivity index (χ4v) is 1.56. The summed E-state index contributed by atoms with van der Waals surface area (Å²) >= 11 is 0. The molecule has 1 radical (unpaired) electrons. The van der Waals surface area contributed by atoms with Gasteiger partial charge >= 0.3 is 53.8 Å². The van der Waals surface area contributed by atoms with E-state index in [9.17, 15) is 79.0 Å². The molecule has 0 heterocycles. The quantitative estimate of drug-likeness (QED) is 0.316. The van der Waals surface area contributed by atoms with Crippen molar-refractivity contribution in [3.8, 4) is 0 Å². The smallest absolute Gasteiger partial charge is 0.200 e. The second-order valence-corrected chi connectivity index (χ2v) is 5.34. The Kier molecular flexibility index (Phi) is 6.58. The fourth-order valence-electron chi connectivity index (χ4n) is 1.56. The number of hydrogen-bond acceptors (Lipinski definition) is 0. The highest BCUT2D eigenvalue weighted by Gasteiger charge is 2.95. The van der Waals surface area contributed by atoms with E-state index in [1.807, 2.05) is 0 Å². The van der Waals surface area contributed by atoms with E-state index in [0.717, 1.165) is 0 Å². The lowest BCUT2D eigenvalue weighted by atomic mass is 9.87. The first-order valence-corrected chi connectivity index (χ1v) is 6.46. The maximum atomic E-state index is 13.2. The Labute approximate surface area is 147 Å². The van der Waals surface area contributed by atoms with Crippen LogP contribution in [0.15, 0.2) is 0 Å². The second kappa shape index (κ2) is 6.88. The normalized spacial score (nSPS) is 16.6. The van der Waals surface area contributed by atoms with Gasteiger partial charge in [0.05, 0.1) is 0 Å². The second-order valence-electron chi connectivity index (χ2n) is 5.34. The van der Waals surface area contributed by atoms with Crippen molar-refractivity contribution in [3.63, 3.8) is 0 Å². The van der Waals surface area contributed by atoms with Crippen LogP contribution in [0.4, 0.5) is 79.0 Å². The highest BCUT2D eigenvalue weighted by atomic mass is 19.4. The molecule has 0 aliphatic carbocycles. The SMILES string of the molecule is CCC(F)(F)C(F)(F)C(F)(F)C(F)(F)C(F)(F)C(F)(F)C(F)(F)C(F)(F)[C](F)F. The van der Waals surface area contributed by atoms with E-state index in [1.54, 1.807) is 0 Å². The van der Waals surface area contributed by atoms with Gasteiger partial charge < -0.3 is 0 Å². The maximum absolute atomic E-state index is 13.2. The third-order valence-electron chi connectivity index (χ3n) is 3.51. The third kappa shape index (κ3) is 3.27. The third-order valence-corrected chi connectivity index (χ3v) is 3.51. The highest BCUT2D eigenvalue weighted by molar-refractivity contribution is 5.17. The molecule has 0 aliphatic heterocycles. The molecule has 0 rings (SSSR count). The highest BCUT2D eigenvalue weighted by Crippen LogP contribution is 2.64. The van der Waals surface area contributed by atoms with Gasteiger partial charge in [-0.15, -0.1) is 0 Å². The molecule has 0 aromatic carbocycles. The molecular weight excluding hydrogens is 474 g/mol. The Balaban J connectivity index is 6.76. The van der Waals surface area contributed by atoms with Gasteiger partial charge in [-0.1, -0.05) is 6.92 Å². The van der Waals surface area contributed by atoms with E-state index in [4.69, 9.17) is 0 Å². The summed E-state index contributed by atoms with van der Waals surface area (Å²) < 4.78 is 231. The van der Waals surface area contributed by atoms with Crippen LogP contribution < -0.4 is 0 Å². The summed E-state index contributed by atoms with van der Waals surface area (Å²) in [5.74, 6) is -64.0. The van der Waals surface area contributed by atoms with Crippen LogP contribution in [-0.2, 0) is 0 Å². The molecule has 0 saturated heterocycles. The summed E-state index contributed by atoms with van der Waals surface area (Å²) in [6, 6.07) is 0. The average molecular weight is 479 g/mol. The molecule has 0 nitrogen and oxygen atoms in total. The molecular formula is C11H5F18. The molecule has 0 spiro atoms. The van der Waals surface area contributed by atoms with Crippen molar-refractivity contribution in [3.05, 3.63) is 6.43 Å². The number of rotatable bonds is 9. The molecule has 0 N–H and O–H groups in total. The van der Waals surface area contributed by atoms with Gasteiger partial charge in [0.25, 0.3) is 0 Å². The Morgan fingerprint density at radius 1 is 0.448 bits per heavy atom. The molecule has 29 heavy (non-hydrogen) atoms. The van der Waals surface area contributed by atoms with E-state index in [-0.39, 0.29) is 6.92 Å². The van der Waals surface area contributed by atoms with Crippen molar-refractivity contribution in [1.82, 2.24) is 0 Å². The minimum absolute atomic E-state index is 0.0938. The summed E-state index contributed by atoms with van der Waals surface area (Å²) in [7, 11) is 0. The van der Waals surface area contributed by atoms with Crippen molar-refractivity contribution >= 4 is 0 Å². The summed E-state index contributed by atoms with van der Waals surface area (Å²) in [5.41, 5.74) is 0. The number of alkyl halides is 16. The fraction of sp³-hybridized carbons (Fsp3) is 0.909. The lowest BCUT2D eigenvalue weighted by Crippen LogP contribution is -2.74. The van der Waals surface area contributed by atoms with Gasteiger partial charge in [-0.3, -0.25) is 0 Å². The van der Waals surface area contributed by atoms with Crippen molar-refractivity contribution < 1.29 is 79.0 Å². The number of hydrogen-bond donors (Lipinski definition) is 0. The predicted molar refractivity (Wildman–Crippen MR) is 55.3 cm³/mol. The summed E-state index contributed by atoms with van der Waals surface area (Å²) in [4.78, 5) is 0. The molecule has 0 aromatic heterocycles. The van der Waals surface area contributed by atoms with Crippen molar-refractivity contribution in [2.45, 2.75) is 60.7 Å². The zero-order chi connectivity index (χ0) is 24.3. The van der Waals surface area contributed by atoms with Crippen LogP contribution in [0.25, 0.3) is 0 Å². The first-order valence-electron chi connectivity index (χ1n) is 6.46. The molecule has 0 aromatic rings. The standard InChI is InChI=1S/C11H5F18/c1-2-4(14,15)6(18,19)8(22,23)10(26,27)11(28,29)9(24,25)7(20,21)5(16,17)3(12)13/h2H2,1H3. The minimum atomic E-state index is -8.68. The Bertz CT molecular complexity index is 587. The first kappa shape index (κ1) is 27.7. The van der Waals surface area contributed by atoms with Crippen LogP contribution in [-0.4, -0.2) is 47.4 Å². The summed E-state index contributed by atoms with van der Waals surface area (Å²) in [5, 5.41) is 0. The number of halogens is 18. The van der Waals surface area contributed by atoms with Gasteiger partial charge in [0.1, 0.15) is 0 Å². The van der Waals surface area contributed by atoms with Gasteiger partial charge in [-0.25, -0.2) is 0 Å². The maximum Gasteiger partial charge on any atom is 0.385 e. The Morgan fingerprint density at radius 2 is 0.690 bits per heavy atom. The Hall–Kier alpha value is -1.26. The molecule has 0 fully saturated rings. The molecule has 0 bridgehead atoms. The van der Waals surface area contributed by atoms with Crippen LogP contribution >= 0.6 is 0 Å². The zero-order valence-electron chi connectivity index (χ0n) is 13.0. The largest absolute Gasteiger partial charge is 0.385 e. The van der Waals surface area contributed by atoms with Crippen LogP contribution in [0, 0.1) is 6.43 Å². The lowest BCUT2D eigenvalue weighted by Gasteiger charge is -2.43. The molecule has 0 amide bonds. The van der Waals surface area contributed by atoms with E-state index in [0.29, 0.717) is 0 Å². The molecule has 0 aliphatic rings. The van der Waals surface area contributed by atoms with Crippen LogP contribution in [0.1, 0.15) is 13.3 Å². The molecule has 18 heteroatoms.